The second kappa shape index (κ2) is 7.74. The van der Waals surface area contributed by atoms with Crippen molar-refractivity contribution in [2.24, 2.45) is 0 Å². The maximum absolute atomic E-state index is 10.9. The number of aliphatic carboxylic acids is 1. The average molecular weight is 311 g/mol. The van der Waals surface area contributed by atoms with Crippen molar-refractivity contribution in [1.82, 2.24) is 15.2 Å². The normalized spacial score (nSPS) is 11.6. The number of carboxylic acid groups (broad SMARTS) is 1. The van der Waals surface area contributed by atoms with E-state index in [2.05, 4.69) is 21.8 Å². The van der Waals surface area contributed by atoms with E-state index in [0.29, 0.717) is 11.3 Å². The number of rotatable bonds is 7. The molecule has 6 heteroatoms. The number of allylic oxidation sites excluding steroid dienone is 1. The summed E-state index contributed by atoms with van der Waals surface area (Å²) in [4.78, 5) is 15.1. The number of pyridine rings is 1. The highest BCUT2D eigenvalue weighted by molar-refractivity contribution is 5.89. The summed E-state index contributed by atoms with van der Waals surface area (Å²) in [6, 6.07) is 5.45. The molecule has 6 nitrogen and oxygen atoms in total. The van der Waals surface area contributed by atoms with Gasteiger partial charge in [0.1, 0.15) is 12.4 Å². The number of ether oxygens (including phenoxy) is 1. The largest absolute Gasteiger partial charge is 0.487 e. The van der Waals surface area contributed by atoms with Crippen molar-refractivity contribution in [2.75, 3.05) is 6.61 Å². The number of H-pyrrole nitrogens is 1. The van der Waals surface area contributed by atoms with Crippen molar-refractivity contribution >= 4 is 5.97 Å². The molecule has 2 N–H and O–H groups in total. The van der Waals surface area contributed by atoms with Crippen LogP contribution in [0.4, 0.5) is 0 Å². The zero-order chi connectivity index (χ0) is 16.7. The lowest BCUT2D eigenvalue weighted by molar-refractivity contribution is -0.132. The zero-order valence-corrected chi connectivity index (χ0v) is 12.7. The first-order valence-corrected chi connectivity index (χ1v) is 6.94. The SMILES string of the molecule is C=C(/C=C\C(=C/C)C(=O)O)COc1ccc(-c2ccn[nH]2)nc1. The van der Waals surface area contributed by atoms with Crippen LogP contribution < -0.4 is 4.74 Å². The molecule has 2 heterocycles. The molecule has 0 saturated heterocycles. The Kier molecular flexibility index (Phi) is 5.46. The van der Waals surface area contributed by atoms with Crippen molar-refractivity contribution in [3.8, 4) is 17.1 Å². The zero-order valence-electron chi connectivity index (χ0n) is 12.7. The molecular formula is C17H17N3O3. The maximum Gasteiger partial charge on any atom is 0.335 e. The molecule has 0 aliphatic carbocycles. The number of hydrogen-bond donors (Lipinski definition) is 2. The first-order chi connectivity index (χ1) is 11.1. The third-order valence-electron chi connectivity index (χ3n) is 2.99. The van der Waals surface area contributed by atoms with Gasteiger partial charge in [0, 0.05) is 6.20 Å². The Labute approximate surface area is 133 Å². The van der Waals surface area contributed by atoms with E-state index in [1.807, 2.05) is 12.1 Å². The van der Waals surface area contributed by atoms with Crippen LogP contribution in [0.5, 0.6) is 5.75 Å². The fraction of sp³-hybridized carbons (Fsp3) is 0.118. The summed E-state index contributed by atoms with van der Waals surface area (Å²) in [5, 5.41) is 15.6. The van der Waals surface area contributed by atoms with Crippen molar-refractivity contribution in [2.45, 2.75) is 6.92 Å². The Morgan fingerprint density at radius 2 is 2.22 bits per heavy atom. The van der Waals surface area contributed by atoms with Crippen molar-refractivity contribution in [3.63, 3.8) is 0 Å². The molecule has 23 heavy (non-hydrogen) atoms. The molecule has 0 fully saturated rings. The van der Waals surface area contributed by atoms with Gasteiger partial charge in [0.15, 0.2) is 0 Å². The van der Waals surface area contributed by atoms with E-state index in [9.17, 15) is 4.79 Å². The van der Waals surface area contributed by atoms with Crippen LogP contribution in [0.15, 0.2) is 66.5 Å². The van der Waals surface area contributed by atoms with Crippen molar-refractivity contribution in [1.29, 1.82) is 0 Å². The van der Waals surface area contributed by atoms with E-state index in [4.69, 9.17) is 9.84 Å². The summed E-state index contributed by atoms with van der Waals surface area (Å²) in [6.45, 7) is 5.74. The van der Waals surface area contributed by atoms with Crippen LogP contribution in [0.25, 0.3) is 11.4 Å². The van der Waals surface area contributed by atoms with Gasteiger partial charge in [-0.3, -0.25) is 10.1 Å². The Bertz CT molecular complexity index is 729. The van der Waals surface area contributed by atoms with Gasteiger partial charge >= 0.3 is 5.97 Å². The fourth-order valence-corrected chi connectivity index (χ4v) is 1.75. The van der Waals surface area contributed by atoms with Crippen molar-refractivity contribution in [3.05, 3.63) is 66.5 Å². The van der Waals surface area contributed by atoms with Gasteiger partial charge in [-0.1, -0.05) is 18.7 Å². The van der Waals surface area contributed by atoms with Crippen LogP contribution in [0.3, 0.4) is 0 Å². The minimum atomic E-state index is -0.976. The number of carbonyl (C=O) groups is 1. The monoisotopic (exact) mass is 311 g/mol. The number of nitrogens with zero attached hydrogens (tertiary/aromatic N) is 2. The van der Waals surface area contributed by atoms with E-state index < -0.39 is 5.97 Å². The lowest BCUT2D eigenvalue weighted by Gasteiger charge is -2.06. The van der Waals surface area contributed by atoms with Gasteiger partial charge in [-0.15, -0.1) is 0 Å². The van der Waals surface area contributed by atoms with E-state index in [1.165, 1.54) is 12.2 Å². The Hall–Kier alpha value is -3.15. The molecule has 2 rings (SSSR count). The third kappa shape index (κ3) is 4.67. The molecule has 0 aliphatic rings. The minimum Gasteiger partial charge on any atom is -0.487 e. The average Bonchev–Trinajstić information content (AvgIpc) is 3.08. The Balaban J connectivity index is 1.89. The highest BCUT2D eigenvalue weighted by Crippen LogP contribution is 2.17. The molecule has 118 valence electrons. The molecule has 0 amide bonds. The molecule has 0 saturated carbocycles. The molecule has 2 aromatic heterocycles. The van der Waals surface area contributed by atoms with Crippen LogP contribution in [0.1, 0.15) is 6.92 Å². The quantitative estimate of drug-likeness (QED) is 0.606. The van der Waals surface area contributed by atoms with Crippen LogP contribution in [0.2, 0.25) is 0 Å². The summed E-state index contributed by atoms with van der Waals surface area (Å²) in [7, 11) is 0. The number of nitrogens with one attached hydrogen (secondary N) is 1. The lowest BCUT2D eigenvalue weighted by Crippen LogP contribution is -2.00. The summed E-state index contributed by atoms with van der Waals surface area (Å²) < 4.78 is 5.56. The molecule has 0 aromatic carbocycles. The number of carboxylic acids is 1. The van der Waals surface area contributed by atoms with Crippen LogP contribution in [-0.4, -0.2) is 32.9 Å². The van der Waals surface area contributed by atoms with Gasteiger partial charge in [-0.2, -0.15) is 5.10 Å². The van der Waals surface area contributed by atoms with Gasteiger partial charge in [-0.25, -0.2) is 4.79 Å². The molecule has 0 unspecified atom stereocenters. The van der Waals surface area contributed by atoms with Gasteiger partial charge < -0.3 is 9.84 Å². The summed E-state index contributed by atoms with van der Waals surface area (Å²) in [5.41, 5.74) is 2.46. The fourth-order valence-electron chi connectivity index (χ4n) is 1.75. The lowest BCUT2D eigenvalue weighted by atomic mass is 10.2. The smallest absolute Gasteiger partial charge is 0.335 e. The highest BCUT2D eigenvalue weighted by atomic mass is 16.5. The van der Waals surface area contributed by atoms with Crippen LogP contribution in [0, 0.1) is 0 Å². The Morgan fingerprint density at radius 3 is 2.78 bits per heavy atom. The van der Waals surface area contributed by atoms with Crippen LogP contribution >= 0.6 is 0 Å². The standard InChI is InChI=1S/C17H17N3O3/c1-3-13(17(21)22)5-4-12(2)11-23-14-6-7-15(18-10-14)16-8-9-19-20-16/h3-10H,2,11H2,1H3,(H,19,20)(H,21,22)/b5-4-,13-3+. The minimum absolute atomic E-state index is 0.205. The molecule has 0 atom stereocenters. The molecule has 2 aromatic rings. The summed E-state index contributed by atoms with van der Waals surface area (Å²) in [5.74, 6) is -0.372. The summed E-state index contributed by atoms with van der Waals surface area (Å²) in [6.07, 6.45) is 7.91. The molecule has 0 radical (unpaired) electrons. The molecular weight excluding hydrogens is 294 g/mol. The maximum atomic E-state index is 10.9. The van der Waals surface area contributed by atoms with Gasteiger partial charge in [0.25, 0.3) is 0 Å². The second-order valence-electron chi connectivity index (χ2n) is 4.68. The second-order valence-corrected chi connectivity index (χ2v) is 4.68. The van der Waals surface area contributed by atoms with Crippen LogP contribution in [-0.2, 0) is 4.79 Å². The Morgan fingerprint density at radius 1 is 1.39 bits per heavy atom. The van der Waals surface area contributed by atoms with E-state index in [-0.39, 0.29) is 12.2 Å². The summed E-state index contributed by atoms with van der Waals surface area (Å²) >= 11 is 0. The first kappa shape index (κ1) is 16.2. The van der Waals surface area contributed by atoms with Gasteiger partial charge in [0.2, 0.25) is 0 Å². The van der Waals surface area contributed by atoms with Gasteiger partial charge in [0.05, 0.1) is 23.2 Å². The number of hydrogen-bond acceptors (Lipinski definition) is 4. The number of aromatic nitrogens is 3. The van der Waals surface area contributed by atoms with Crippen molar-refractivity contribution < 1.29 is 14.6 Å². The number of aromatic amines is 1. The molecule has 0 bridgehead atoms. The van der Waals surface area contributed by atoms with E-state index in [1.54, 1.807) is 31.5 Å². The molecule has 0 spiro atoms. The van der Waals surface area contributed by atoms with E-state index >= 15 is 0 Å². The third-order valence-corrected chi connectivity index (χ3v) is 2.99. The predicted molar refractivity (Wildman–Crippen MR) is 87.0 cm³/mol. The van der Waals surface area contributed by atoms with Gasteiger partial charge in [-0.05, 0) is 36.8 Å². The first-order valence-electron chi connectivity index (χ1n) is 6.94. The molecule has 0 aliphatic heterocycles. The highest BCUT2D eigenvalue weighted by Gasteiger charge is 2.03. The predicted octanol–water partition coefficient (Wildman–Crippen LogP) is 2.99. The topological polar surface area (TPSA) is 88.1 Å². The van der Waals surface area contributed by atoms with E-state index in [0.717, 1.165) is 11.4 Å².